The highest BCUT2D eigenvalue weighted by Crippen LogP contribution is 2.23. The van der Waals surface area contributed by atoms with Crippen molar-refractivity contribution in [1.29, 1.82) is 0 Å². The number of ether oxygens (including phenoxy) is 1. The van der Waals surface area contributed by atoms with Crippen LogP contribution >= 0.6 is 0 Å². The Balaban J connectivity index is 2.93. The van der Waals surface area contributed by atoms with Gasteiger partial charge in [-0.25, -0.2) is 4.79 Å². The summed E-state index contributed by atoms with van der Waals surface area (Å²) < 4.78 is 40.0. The molecule has 1 aromatic carbocycles. The molecule has 116 valence electrons. The van der Waals surface area contributed by atoms with Gasteiger partial charge in [-0.2, -0.15) is 0 Å². The van der Waals surface area contributed by atoms with Crippen LogP contribution in [0, 0.1) is 0 Å². The van der Waals surface area contributed by atoms with Crippen molar-refractivity contribution in [3.8, 4) is 5.75 Å². The van der Waals surface area contributed by atoms with E-state index in [1.165, 1.54) is 19.1 Å². The number of carboxylic acid groups (broad SMARTS) is 1. The van der Waals surface area contributed by atoms with Crippen molar-refractivity contribution in [3.05, 3.63) is 29.8 Å². The van der Waals surface area contributed by atoms with Crippen molar-refractivity contribution < 1.29 is 32.6 Å². The second-order valence-electron chi connectivity index (χ2n) is 4.52. The first-order valence-electron chi connectivity index (χ1n) is 5.99. The maximum Gasteiger partial charge on any atom is 0.573 e. The predicted molar refractivity (Wildman–Crippen MR) is 66.9 cm³/mol. The minimum Gasteiger partial charge on any atom is -0.480 e. The lowest BCUT2D eigenvalue weighted by molar-refractivity contribution is -0.274. The van der Waals surface area contributed by atoms with Gasteiger partial charge in [-0.3, -0.25) is 4.79 Å². The number of carboxylic acids is 1. The van der Waals surface area contributed by atoms with Crippen molar-refractivity contribution in [2.75, 3.05) is 0 Å². The number of carbonyl (C=O) groups is 2. The lowest BCUT2D eigenvalue weighted by Crippen LogP contribution is -2.51. The second kappa shape index (κ2) is 6.02. The van der Waals surface area contributed by atoms with Gasteiger partial charge in [-0.15, -0.1) is 13.2 Å². The van der Waals surface area contributed by atoms with Crippen LogP contribution in [-0.2, 0) is 4.79 Å². The molecule has 8 heteroatoms. The minimum absolute atomic E-state index is 0.118. The normalized spacial score (nSPS) is 14.1. The van der Waals surface area contributed by atoms with E-state index in [0.29, 0.717) is 0 Å². The number of alkyl halides is 3. The summed E-state index contributed by atoms with van der Waals surface area (Å²) >= 11 is 0. The summed E-state index contributed by atoms with van der Waals surface area (Å²) in [5.41, 5.74) is -1.63. The Morgan fingerprint density at radius 2 is 1.95 bits per heavy atom. The molecule has 1 amide bonds. The van der Waals surface area contributed by atoms with E-state index in [4.69, 9.17) is 5.11 Å². The molecule has 1 atom stereocenters. The van der Waals surface area contributed by atoms with Gasteiger partial charge in [-0.1, -0.05) is 13.0 Å². The number of benzene rings is 1. The molecule has 1 unspecified atom stereocenters. The third kappa shape index (κ3) is 4.66. The zero-order valence-corrected chi connectivity index (χ0v) is 11.3. The fraction of sp³-hybridized carbons (Fsp3) is 0.385. The fourth-order valence-corrected chi connectivity index (χ4v) is 1.45. The molecule has 0 aliphatic carbocycles. The van der Waals surface area contributed by atoms with Crippen LogP contribution < -0.4 is 10.1 Å². The van der Waals surface area contributed by atoms with Crippen molar-refractivity contribution in [2.24, 2.45) is 0 Å². The Bertz CT molecular complexity index is 544. The number of amides is 1. The van der Waals surface area contributed by atoms with Gasteiger partial charge in [0.1, 0.15) is 11.3 Å². The largest absolute Gasteiger partial charge is 0.573 e. The molecule has 21 heavy (non-hydrogen) atoms. The molecule has 0 saturated heterocycles. The molecule has 0 spiro atoms. The van der Waals surface area contributed by atoms with Crippen LogP contribution in [0.15, 0.2) is 24.3 Å². The monoisotopic (exact) mass is 305 g/mol. The third-order valence-corrected chi connectivity index (χ3v) is 2.90. The van der Waals surface area contributed by atoms with Crippen LogP contribution in [0.1, 0.15) is 30.6 Å². The van der Waals surface area contributed by atoms with Crippen LogP contribution in [0.4, 0.5) is 13.2 Å². The highest BCUT2D eigenvalue weighted by atomic mass is 19.4. The SMILES string of the molecule is CCC(C)(NC(=O)c1cccc(OC(F)(F)F)c1)C(=O)O. The molecule has 0 bridgehead atoms. The molecular weight excluding hydrogens is 291 g/mol. The number of rotatable bonds is 5. The Labute approximate surface area is 118 Å². The van der Waals surface area contributed by atoms with Crippen molar-refractivity contribution in [2.45, 2.75) is 32.2 Å². The van der Waals surface area contributed by atoms with E-state index in [0.717, 1.165) is 12.1 Å². The van der Waals surface area contributed by atoms with Crippen LogP contribution in [-0.4, -0.2) is 28.9 Å². The summed E-state index contributed by atoms with van der Waals surface area (Å²) in [6, 6.07) is 4.40. The van der Waals surface area contributed by atoms with E-state index >= 15 is 0 Å². The summed E-state index contributed by atoms with van der Waals surface area (Å²) in [7, 11) is 0. The maximum absolute atomic E-state index is 12.1. The summed E-state index contributed by atoms with van der Waals surface area (Å²) in [4.78, 5) is 23.0. The summed E-state index contributed by atoms with van der Waals surface area (Å²) in [6.45, 7) is 2.88. The Hall–Kier alpha value is -2.25. The quantitative estimate of drug-likeness (QED) is 0.876. The number of halogens is 3. The van der Waals surface area contributed by atoms with Crippen molar-refractivity contribution in [1.82, 2.24) is 5.32 Å². The lowest BCUT2D eigenvalue weighted by atomic mass is 9.98. The Kier molecular flexibility index (Phi) is 4.82. The standard InChI is InChI=1S/C13H14F3NO4/c1-3-12(2,11(19)20)17-10(18)8-5-4-6-9(7-8)21-13(14,15)16/h4-7H,3H2,1-2H3,(H,17,18)(H,19,20). The van der Waals surface area contributed by atoms with E-state index in [1.54, 1.807) is 6.92 Å². The smallest absolute Gasteiger partial charge is 0.480 e. The molecule has 5 nitrogen and oxygen atoms in total. The number of aliphatic carboxylic acids is 1. The highest BCUT2D eigenvalue weighted by molar-refractivity contribution is 5.98. The number of carbonyl (C=O) groups excluding carboxylic acids is 1. The minimum atomic E-state index is -4.87. The van der Waals surface area contributed by atoms with Gasteiger partial charge in [0, 0.05) is 5.56 Å². The lowest BCUT2D eigenvalue weighted by Gasteiger charge is -2.24. The van der Waals surface area contributed by atoms with E-state index in [9.17, 15) is 22.8 Å². The van der Waals surface area contributed by atoms with E-state index < -0.39 is 29.5 Å². The van der Waals surface area contributed by atoms with Gasteiger partial charge in [0.25, 0.3) is 5.91 Å². The first-order valence-corrected chi connectivity index (χ1v) is 5.99. The molecule has 0 radical (unpaired) electrons. The zero-order valence-electron chi connectivity index (χ0n) is 11.3. The second-order valence-corrected chi connectivity index (χ2v) is 4.52. The number of hydrogen-bond acceptors (Lipinski definition) is 3. The summed E-state index contributed by atoms with van der Waals surface area (Å²) in [6.07, 6.45) is -4.75. The van der Waals surface area contributed by atoms with Crippen LogP contribution in [0.2, 0.25) is 0 Å². The van der Waals surface area contributed by atoms with Gasteiger partial charge < -0.3 is 15.2 Å². The first-order chi connectivity index (χ1) is 9.57. The molecule has 0 aliphatic rings. The molecule has 1 rings (SSSR count). The van der Waals surface area contributed by atoms with Gasteiger partial charge in [0.05, 0.1) is 0 Å². The van der Waals surface area contributed by atoms with E-state index in [-0.39, 0.29) is 12.0 Å². The van der Waals surface area contributed by atoms with Gasteiger partial charge >= 0.3 is 12.3 Å². The Morgan fingerprint density at radius 1 is 1.33 bits per heavy atom. The molecule has 0 aromatic heterocycles. The predicted octanol–water partition coefficient (Wildman–Crippen LogP) is 2.57. The van der Waals surface area contributed by atoms with Crippen LogP contribution in [0.5, 0.6) is 5.75 Å². The molecule has 1 aromatic rings. The molecule has 0 saturated carbocycles. The summed E-state index contributed by atoms with van der Waals surface area (Å²) in [5, 5.41) is 11.3. The van der Waals surface area contributed by atoms with Gasteiger partial charge in [0.2, 0.25) is 0 Å². The van der Waals surface area contributed by atoms with E-state index in [2.05, 4.69) is 10.1 Å². The van der Waals surface area contributed by atoms with Gasteiger partial charge in [0.15, 0.2) is 0 Å². The van der Waals surface area contributed by atoms with Crippen LogP contribution in [0.3, 0.4) is 0 Å². The average Bonchev–Trinajstić information content (AvgIpc) is 2.36. The Morgan fingerprint density at radius 3 is 2.43 bits per heavy atom. The van der Waals surface area contributed by atoms with Crippen LogP contribution in [0.25, 0.3) is 0 Å². The first kappa shape index (κ1) is 16.8. The van der Waals surface area contributed by atoms with Crippen molar-refractivity contribution in [3.63, 3.8) is 0 Å². The molecule has 0 fully saturated rings. The van der Waals surface area contributed by atoms with Crippen molar-refractivity contribution >= 4 is 11.9 Å². The molecule has 2 N–H and O–H groups in total. The number of hydrogen-bond donors (Lipinski definition) is 2. The van der Waals surface area contributed by atoms with Gasteiger partial charge in [-0.05, 0) is 31.5 Å². The molecular formula is C13H14F3NO4. The zero-order chi connectivity index (χ0) is 16.3. The maximum atomic E-state index is 12.1. The fourth-order valence-electron chi connectivity index (χ4n) is 1.45. The summed E-state index contributed by atoms with van der Waals surface area (Å²) in [5.74, 6) is -2.58. The topological polar surface area (TPSA) is 75.6 Å². The molecule has 0 heterocycles. The average molecular weight is 305 g/mol. The number of nitrogens with one attached hydrogen (secondary N) is 1. The molecule has 0 aliphatic heterocycles. The van der Waals surface area contributed by atoms with E-state index in [1.807, 2.05) is 0 Å². The highest BCUT2D eigenvalue weighted by Gasteiger charge is 2.34. The third-order valence-electron chi connectivity index (χ3n) is 2.90.